The predicted octanol–water partition coefficient (Wildman–Crippen LogP) is 1.95. The molecule has 1 aromatic heterocycles. The Morgan fingerprint density at radius 3 is 2.88 bits per heavy atom. The second kappa shape index (κ2) is 8.16. The molecule has 26 heavy (non-hydrogen) atoms. The second-order valence-electron chi connectivity index (χ2n) is 7.92. The Morgan fingerprint density at radius 1 is 1.31 bits per heavy atom. The molecular formula is C20H30N4O2. The first-order valence-corrected chi connectivity index (χ1v) is 9.70. The van der Waals surface area contributed by atoms with Crippen LogP contribution in [0.1, 0.15) is 51.5 Å². The summed E-state index contributed by atoms with van der Waals surface area (Å²) in [7, 11) is 0. The fourth-order valence-electron chi connectivity index (χ4n) is 4.30. The highest BCUT2D eigenvalue weighted by Crippen LogP contribution is 2.39. The van der Waals surface area contributed by atoms with Crippen molar-refractivity contribution in [3.05, 3.63) is 30.1 Å². The number of nitrogens with one attached hydrogen (secondary N) is 1. The van der Waals surface area contributed by atoms with Gasteiger partial charge in [0.2, 0.25) is 11.8 Å². The lowest BCUT2D eigenvalue weighted by Crippen LogP contribution is -2.51. The van der Waals surface area contributed by atoms with Crippen molar-refractivity contribution in [3.63, 3.8) is 0 Å². The highest BCUT2D eigenvalue weighted by atomic mass is 16.2. The summed E-state index contributed by atoms with van der Waals surface area (Å²) in [4.78, 5) is 33.2. The van der Waals surface area contributed by atoms with E-state index in [1.807, 2.05) is 31.0 Å². The maximum Gasteiger partial charge on any atom is 0.239 e. The minimum absolute atomic E-state index is 0.0499. The van der Waals surface area contributed by atoms with Gasteiger partial charge in [-0.2, -0.15) is 0 Å². The summed E-state index contributed by atoms with van der Waals surface area (Å²) in [5.74, 6) is 0.0794. The molecule has 0 unspecified atom stereocenters. The molecule has 0 aliphatic carbocycles. The first-order valence-electron chi connectivity index (χ1n) is 9.70. The van der Waals surface area contributed by atoms with Crippen molar-refractivity contribution in [1.82, 2.24) is 20.1 Å². The molecule has 1 spiro atoms. The van der Waals surface area contributed by atoms with Crippen LogP contribution in [0.25, 0.3) is 0 Å². The smallest absolute Gasteiger partial charge is 0.239 e. The number of carbonyl (C=O) groups is 2. The van der Waals surface area contributed by atoms with Crippen LogP contribution < -0.4 is 5.32 Å². The van der Waals surface area contributed by atoms with Gasteiger partial charge in [-0.1, -0.05) is 6.07 Å². The molecule has 1 aromatic rings. The monoisotopic (exact) mass is 358 g/mol. The molecule has 1 atom stereocenters. The van der Waals surface area contributed by atoms with Crippen molar-refractivity contribution in [2.24, 2.45) is 0 Å². The maximum atomic E-state index is 12.5. The van der Waals surface area contributed by atoms with Gasteiger partial charge >= 0.3 is 0 Å². The topological polar surface area (TPSA) is 65.5 Å². The molecule has 3 rings (SSSR count). The summed E-state index contributed by atoms with van der Waals surface area (Å²) in [5.41, 5.74) is 1.08. The average molecular weight is 358 g/mol. The molecule has 0 aromatic carbocycles. The quantitative estimate of drug-likeness (QED) is 0.874. The Hall–Kier alpha value is -1.95. The molecule has 142 valence electrons. The number of hydrogen-bond acceptors (Lipinski definition) is 4. The summed E-state index contributed by atoms with van der Waals surface area (Å²) < 4.78 is 0. The third kappa shape index (κ3) is 4.41. The Kier molecular flexibility index (Phi) is 5.91. The fourth-order valence-corrected chi connectivity index (χ4v) is 4.30. The third-order valence-corrected chi connectivity index (χ3v) is 5.57. The number of amides is 2. The van der Waals surface area contributed by atoms with Gasteiger partial charge in [0.1, 0.15) is 6.54 Å². The van der Waals surface area contributed by atoms with Crippen molar-refractivity contribution >= 4 is 11.8 Å². The number of nitrogens with zero attached hydrogens (tertiary/aromatic N) is 3. The summed E-state index contributed by atoms with van der Waals surface area (Å²) in [6.07, 6.45) is 8.13. The normalized spacial score (nSPS) is 24.3. The number of rotatable bonds is 5. The minimum Gasteiger partial charge on any atom is -0.352 e. The van der Waals surface area contributed by atoms with Crippen LogP contribution in [0.4, 0.5) is 0 Å². The van der Waals surface area contributed by atoms with E-state index in [0.29, 0.717) is 6.42 Å². The first-order chi connectivity index (χ1) is 12.5. The number of likely N-dealkylation sites (tertiary alicyclic amines) is 2. The van der Waals surface area contributed by atoms with Gasteiger partial charge in [-0.05, 0) is 57.7 Å². The van der Waals surface area contributed by atoms with E-state index in [9.17, 15) is 9.59 Å². The minimum atomic E-state index is -0.144. The Balaban J connectivity index is 1.64. The zero-order valence-corrected chi connectivity index (χ0v) is 15.9. The average Bonchev–Trinajstić information content (AvgIpc) is 2.78. The van der Waals surface area contributed by atoms with Crippen LogP contribution in [0, 0.1) is 0 Å². The molecular weight excluding hydrogens is 328 g/mol. The first kappa shape index (κ1) is 18.8. The SMILES string of the molecule is CC(C)NC(=O)CN1C(=O)CC[C@]12CCCN(Cc1cccnc1)CC2. The van der Waals surface area contributed by atoms with Crippen molar-refractivity contribution in [2.45, 2.75) is 64.1 Å². The van der Waals surface area contributed by atoms with E-state index in [1.165, 1.54) is 5.56 Å². The Bertz CT molecular complexity index is 634. The molecule has 0 bridgehead atoms. The highest BCUT2D eigenvalue weighted by Gasteiger charge is 2.46. The van der Waals surface area contributed by atoms with E-state index in [2.05, 4.69) is 21.3 Å². The number of carbonyl (C=O) groups excluding carboxylic acids is 2. The molecule has 2 amide bonds. The summed E-state index contributed by atoms with van der Waals surface area (Å²) >= 11 is 0. The Labute approximate surface area is 156 Å². The second-order valence-corrected chi connectivity index (χ2v) is 7.92. The number of hydrogen-bond donors (Lipinski definition) is 1. The molecule has 0 saturated carbocycles. The molecule has 3 heterocycles. The molecule has 1 N–H and O–H groups in total. The largest absolute Gasteiger partial charge is 0.352 e. The lowest BCUT2D eigenvalue weighted by Gasteiger charge is -2.38. The van der Waals surface area contributed by atoms with Gasteiger partial charge in [-0.3, -0.25) is 19.5 Å². The van der Waals surface area contributed by atoms with Crippen LogP contribution in [0.15, 0.2) is 24.5 Å². The van der Waals surface area contributed by atoms with Crippen molar-refractivity contribution in [3.8, 4) is 0 Å². The van der Waals surface area contributed by atoms with Gasteiger partial charge in [0, 0.05) is 43.5 Å². The van der Waals surface area contributed by atoms with E-state index in [4.69, 9.17) is 0 Å². The van der Waals surface area contributed by atoms with Crippen LogP contribution >= 0.6 is 0 Å². The van der Waals surface area contributed by atoms with Gasteiger partial charge in [-0.25, -0.2) is 0 Å². The molecule has 2 aliphatic rings. The standard InChI is InChI=1S/C20H30N4O2/c1-16(2)22-18(25)15-24-19(26)6-8-20(24)7-4-11-23(12-9-20)14-17-5-3-10-21-13-17/h3,5,10,13,16H,4,6-9,11-12,14-15H2,1-2H3,(H,22,25)/t20-/m0/s1. The van der Waals surface area contributed by atoms with Crippen LogP contribution in [0.2, 0.25) is 0 Å². The van der Waals surface area contributed by atoms with Gasteiger partial charge < -0.3 is 10.2 Å². The van der Waals surface area contributed by atoms with Crippen molar-refractivity contribution < 1.29 is 9.59 Å². The van der Waals surface area contributed by atoms with E-state index in [0.717, 1.165) is 45.3 Å². The van der Waals surface area contributed by atoms with Crippen LogP contribution in [0.3, 0.4) is 0 Å². The van der Waals surface area contributed by atoms with Gasteiger partial charge in [0.15, 0.2) is 0 Å². The van der Waals surface area contributed by atoms with Gasteiger partial charge in [0.05, 0.1) is 0 Å². The van der Waals surface area contributed by atoms with Crippen LogP contribution in [0.5, 0.6) is 0 Å². The number of pyridine rings is 1. The lowest BCUT2D eigenvalue weighted by atomic mass is 9.87. The predicted molar refractivity (Wildman–Crippen MR) is 100 cm³/mol. The molecule has 2 fully saturated rings. The van der Waals surface area contributed by atoms with Crippen LogP contribution in [-0.2, 0) is 16.1 Å². The Morgan fingerprint density at radius 2 is 2.15 bits per heavy atom. The molecule has 0 radical (unpaired) electrons. The highest BCUT2D eigenvalue weighted by molar-refractivity contribution is 5.87. The maximum absolute atomic E-state index is 12.5. The summed E-state index contributed by atoms with van der Waals surface area (Å²) in [6.45, 7) is 6.95. The van der Waals surface area contributed by atoms with E-state index >= 15 is 0 Å². The molecule has 2 saturated heterocycles. The van der Waals surface area contributed by atoms with Crippen LogP contribution in [-0.4, -0.2) is 57.8 Å². The fraction of sp³-hybridized carbons (Fsp3) is 0.650. The zero-order chi connectivity index (χ0) is 18.6. The van der Waals surface area contributed by atoms with Crippen molar-refractivity contribution in [1.29, 1.82) is 0 Å². The number of aromatic nitrogens is 1. The molecule has 6 heteroatoms. The van der Waals surface area contributed by atoms with Gasteiger partial charge in [0.25, 0.3) is 0 Å². The van der Waals surface area contributed by atoms with E-state index < -0.39 is 0 Å². The molecule has 2 aliphatic heterocycles. The van der Waals surface area contributed by atoms with Crippen molar-refractivity contribution in [2.75, 3.05) is 19.6 Å². The van der Waals surface area contributed by atoms with E-state index in [1.54, 1.807) is 6.20 Å². The zero-order valence-electron chi connectivity index (χ0n) is 15.9. The van der Waals surface area contributed by atoms with Gasteiger partial charge in [-0.15, -0.1) is 0 Å². The molecule has 6 nitrogen and oxygen atoms in total. The summed E-state index contributed by atoms with van der Waals surface area (Å²) in [5, 5.41) is 2.92. The third-order valence-electron chi connectivity index (χ3n) is 5.57. The summed E-state index contributed by atoms with van der Waals surface area (Å²) in [6, 6.07) is 4.18. The van der Waals surface area contributed by atoms with E-state index in [-0.39, 0.29) is 29.9 Å². The lowest BCUT2D eigenvalue weighted by molar-refractivity contribution is -0.137.